The highest BCUT2D eigenvalue weighted by molar-refractivity contribution is 5.91. The van der Waals surface area contributed by atoms with Crippen molar-refractivity contribution in [2.45, 2.75) is 52.4 Å². The van der Waals surface area contributed by atoms with Gasteiger partial charge in [0.15, 0.2) is 0 Å². The molecular formula is C26H26. The Balaban J connectivity index is 1.90. The van der Waals surface area contributed by atoms with Crippen molar-refractivity contribution < 1.29 is 0 Å². The number of hydrogen-bond acceptors (Lipinski definition) is 0. The minimum atomic E-state index is 0.0568. The Morgan fingerprint density at radius 1 is 0.538 bits per heavy atom. The maximum absolute atomic E-state index is 2.50. The first-order chi connectivity index (χ1) is 12.2. The summed E-state index contributed by atoms with van der Waals surface area (Å²) in [6, 6.07) is 18.6. The molecule has 0 bridgehead atoms. The standard InChI is InChI=1S/C26H26/c1-15-9-7-11-19-23(15)17-13-22-18(14-21(17)25(19,3)4)24-16(2)10-8-12-20(24)26(22,5)6/h7-14H,1-6H3. The molecule has 0 saturated heterocycles. The zero-order valence-electron chi connectivity index (χ0n) is 16.6. The van der Waals surface area contributed by atoms with Gasteiger partial charge in [0.25, 0.3) is 0 Å². The third-order valence-corrected chi connectivity index (χ3v) is 6.94. The van der Waals surface area contributed by atoms with Crippen LogP contribution in [0.3, 0.4) is 0 Å². The van der Waals surface area contributed by atoms with E-state index in [0.717, 1.165) is 0 Å². The minimum Gasteiger partial charge on any atom is -0.0617 e. The van der Waals surface area contributed by atoms with E-state index < -0.39 is 0 Å². The first-order valence-corrected chi connectivity index (χ1v) is 9.64. The van der Waals surface area contributed by atoms with Gasteiger partial charge in [0.2, 0.25) is 0 Å². The lowest BCUT2D eigenvalue weighted by atomic mass is 9.79. The second-order valence-electron chi connectivity index (χ2n) is 9.19. The molecule has 2 aliphatic carbocycles. The number of hydrogen-bond donors (Lipinski definition) is 0. The Morgan fingerprint density at radius 2 is 0.923 bits per heavy atom. The molecule has 3 aromatic rings. The summed E-state index contributed by atoms with van der Waals surface area (Å²) in [5.74, 6) is 0. The van der Waals surface area contributed by atoms with E-state index in [9.17, 15) is 0 Å². The molecule has 0 amide bonds. The summed E-state index contributed by atoms with van der Waals surface area (Å²) in [5.41, 5.74) is 14.6. The van der Waals surface area contributed by atoms with Crippen molar-refractivity contribution in [2.75, 3.05) is 0 Å². The van der Waals surface area contributed by atoms with Crippen molar-refractivity contribution in [2.24, 2.45) is 0 Å². The number of aryl methyl sites for hydroxylation is 2. The smallest absolute Gasteiger partial charge is 0.0159 e. The van der Waals surface area contributed by atoms with Crippen LogP contribution in [0.25, 0.3) is 22.3 Å². The second-order valence-corrected chi connectivity index (χ2v) is 9.19. The molecule has 0 nitrogen and oxygen atoms in total. The summed E-state index contributed by atoms with van der Waals surface area (Å²) in [6.45, 7) is 14.0. The Bertz CT molecular complexity index is 1000. The van der Waals surface area contributed by atoms with Gasteiger partial charge >= 0.3 is 0 Å². The molecule has 26 heavy (non-hydrogen) atoms. The normalized spacial score (nSPS) is 17.5. The van der Waals surface area contributed by atoms with Crippen molar-refractivity contribution in [3.8, 4) is 22.3 Å². The number of benzene rings is 3. The molecule has 0 radical (unpaired) electrons. The van der Waals surface area contributed by atoms with Crippen LogP contribution in [0.4, 0.5) is 0 Å². The van der Waals surface area contributed by atoms with Gasteiger partial charge in [-0.15, -0.1) is 0 Å². The second kappa shape index (κ2) is 4.68. The molecule has 130 valence electrons. The monoisotopic (exact) mass is 338 g/mol. The first kappa shape index (κ1) is 15.9. The van der Waals surface area contributed by atoms with Gasteiger partial charge in [-0.25, -0.2) is 0 Å². The molecular weight excluding hydrogens is 312 g/mol. The fourth-order valence-electron chi connectivity index (χ4n) is 5.43. The summed E-state index contributed by atoms with van der Waals surface area (Å²) >= 11 is 0. The fourth-order valence-corrected chi connectivity index (χ4v) is 5.43. The molecule has 3 aromatic carbocycles. The topological polar surface area (TPSA) is 0 Å². The highest BCUT2D eigenvalue weighted by Crippen LogP contribution is 2.56. The zero-order chi connectivity index (χ0) is 18.4. The lowest BCUT2D eigenvalue weighted by molar-refractivity contribution is 0.652. The average molecular weight is 338 g/mol. The van der Waals surface area contributed by atoms with E-state index in [1.807, 2.05) is 0 Å². The van der Waals surface area contributed by atoms with Crippen LogP contribution in [0.2, 0.25) is 0 Å². The van der Waals surface area contributed by atoms with E-state index >= 15 is 0 Å². The first-order valence-electron chi connectivity index (χ1n) is 9.64. The van der Waals surface area contributed by atoms with Crippen molar-refractivity contribution in [3.05, 3.63) is 81.9 Å². The van der Waals surface area contributed by atoms with Gasteiger partial charge in [-0.3, -0.25) is 0 Å². The van der Waals surface area contributed by atoms with Crippen LogP contribution < -0.4 is 0 Å². The van der Waals surface area contributed by atoms with Crippen LogP contribution in [0, 0.1) is 13.8 Å². The summed E-state index contributed by atoms with van der Waals surface area (Å²) in [6.07, 6.45) is 0. The lowest BCUT2D eigenvalue weighted by Gasteiger charge is -2.24. The summed E-state index contributed by atoms with van der Waals surface area (Å²) in [4.78, 5) is 0. The molecule has 2 aliphatic rings. The minimum absolute atomic E-state index is 0.0568. The lowest BCUT2D eigenvalue weighted by Crippen LogP contribution is -2.16. The van der Waals surface area contributed by atoms with Crippen molar-refractivity contribution >= 4 is 0 Å². The molecule has 0 fully saturated rings. The van der Waals surface area contributed by atoms with Gasteiger partial charge in [0.05, 0.1) is 0 Å². The molecule has 0 spiro atoms. The Hall–Kier alpha value is -2.34. The highest BCUT2D eigenvalue weighted by Gasteiger charge is 2.42. The van der Waals surface area contributed by atoms with Gasteiger partial charge in [-0.1, -0.05) is 64.1 Å². The Morgan fingerprint density at radius 3 is 1.31 bits per heavy atom. The van der Waals surface area contributed by atoms with Crippen LogP contribution in [-0.2, 0) is 10.8 Å². The van der Waals surface area contributed by atoms with Gasteiger partial charge < -0.3 is 0 Å². The molecule has 0 atom stereocenters. The predicted molar refractivity (Wildman–Crippen MR) is 111 cm³/mol. The fraction of sp³-hybridized carbons (Fsp3) is 0.308. The van der Waals surface area contributed by atoms with Crippen LogP contribution in [0.1, 0.15) is 61.1 Å². The van der Waals surface area contributed by atoms with E-state index in [4.69, 9.17) is 0 Å². The van der Waals surface area contributed by atoms with Crippen LogP contribution >= 0.6 is 0 Å². The molecule has 0 N–H and O–H groups in total. The molecule has 0 saturated carbocycles. The summed E-state index contributed by atoms with van der Waals surface area (Å²) < 4.78 is 0. The molecule has 0 aromatic heterocycles. The Labute approximate surface area is 156 Å². The third-order valence-electron chi connectivity index (χ3n) is 6.94. The van der Waals surface area contributed by atoms with Gasteiger partial charge in [0, 0.05) is 10.8 Å². The molecule has 0 heteroatoms. The number of rotatable bonds is 0. The summed E-state index contributed by atoms with van der Waals surface area (Å²) in [7, 11) is 0. The maximum Gasteiger partial charge on any atom is 0.0159 e. The van der Waals surface area contributed by atoms with E-state index in [1.54, 1.807) is 0 Å². The molecule has 5 rings (SSSR count). The third kappa shape index (κ3) is 1.70. The van der Waals surface area contributed by atoms with Gasteiger partial charge in [-0.2, -0.15) is 0 Å². The van der Waals surface area contributed by atoms with Crippen LogP contribution in [-0.4, -0.2) is 0 Å². The van der Waals surface area contributed by atoms with E-state index in [2.05, 4.69) is 90.1 Å². The average Bonchev–Trinajstić information content (AvgIpc) is 2.95. The van der Waals surface area contributed by atoms with Crippen molar-refractivity contribution in [1.29, 1.82) is 0 Å². The molecule has 0 heterocycles. The van der Waals surface area contributed by atoms with Crippen molar-refractivity contribution in [3.63, 3.8) is 0 Å². The largest absolute Gasteiger partial charge is 0.0617 e. The quantitative estimate of drug-likeness (QED) is 0.417. The van der Waals surface area contributed by atoms with Crippen LogP contribution in [0.15, 0.2) is 48.5 Å². The van der Waals surface area contributed by atoms with Gasteiger partial charge in [-0.05, 0) is 81.6 Å². The zero-order valence-corrected chi connectivity index (χ0v) is 16.6. The van der Waals surface area contributed by atoms with Gasteiger partial charge in [0.1, 0.15) is 0 Å². The van der Waals surface area contributed by atoms with E-state index in [1.165, 1.54) is 55.6 Å². The molecule has 0 unspecified atom stereocenters. The molecule has 0 aliphatic heterocycles. The predicted octanol–water partition coefficient (Wildman–Crippen LogP) is 6.92. The Kier molecular flexibility index (Phi) is 2.86. The summed E-state index contributed by atoms with van der Waals surface area (Å²) in [5, 5.41) is 0. The van der Waals surface area contributed by atoms with Crippen molar-refractivity contribution in [1.82, 2.24) is 0 Å². The van der Waals surface area contributed by atoms with E-state index in [-0.39, 0.29) is 10.8 Å². The van der Waals surface area contributed by atoms with E-state index in [0.29, 0.717) is 0 Å². The SMILES string of the molecule is Cc1cccc2c1-c1cc3c(cc1C2(C)C)-c1c(C)cccc1C3(C)C. The maximum atomic E-state index is 2.50. The highest BCUT2D eigenvalue weighted by atomic mass is 14.4. The van der Waals surface area contributed by atoms with Crippen LogP contribution in [0.5, 0.6) is 0 Å². The number of fused-ring (bicyclic) bond motifs is 6.